The molecule has 34 heavy (non-hydrogen) atoms. The van der Waals surface area contributed by atoms with E-state index in [1.165, 1.54) is 16.2 Å². The summed E-state index contributed by atoms with van der Waals surface area (Å²) in [7, 11) is 0. The molecule has 0 saturated carbocycles. The minimum Gasteiger partial charge on any atom is -0.284 e. The van der Waals surface area contributed by atoms with E-state index in [9.17, 15) is 4.79 Å². The van der Waals surface area contributed by atoms with Crippen LogP contribution < -0.4 is 0 Å². The molecule has 5 heteroatoms. The topological polar surface area (TPSA) is 45.0 Å². The van der Waals surface area contributed by atoms with E-state index < -0.39 is 0 Å². The molecule has 1 heterocycles. The van der Waals surface area contributed by atoms with Gasteiger partial charge in [-0.15, -0.1) is 5.10 Å². The number of hydrogen-bond donors (Lipinski definition) is 0. The van der Waals surface area contributed by atoms with Gasteiger partial charge in [0.15, 0.2) is 5.17 Å². The Morgan fingerprint density at radius 2 is 1.56 bits per heavy atom. The largest absolute Gasteiger partial charge is 0.284 e. The Labute approximate surface area is 204 Å². The van der Waals surface area contributed by atoms with E-state index in [2.05, 4.69) is 65.7 Å². The van der Waals surface area contributed by atoms with Crippen molar-refractivity contribution in [1.82, 2.24) is 4.90 Å². The molecule has 4 aromatic carbocycles. The van der Waals surface area contributed by atoms with Crippen LogP contribution in [-0.2, 0) is 11.3 Å². The number of thioether (sulfide) groups is 1. The molecule has 0 aliphatic carbocycles. The molecule has 1 fully saturated rings. The molecule has 1 amide bonds. The lowest BCUT2D eigenvalue weighted by Gasteiger charge is -2.17. The quantitative estimate of drug-likeness (QED) is 0.217. The van der Waals surface area contributed by atoms with Gasteiger partial charge in [-0.3, -0.25) is 9.69 Å². The lowest BCUT2D eigenvalue weighted by molar-refractivity contribution is -0.126. The van der Waals surface area contributed by atoms with E-state index in [-0.39, 0.29) is 11.2 Å². The van der Waals surface area contributed by atoms with Crippen LogP contribution in [0.1, 0.15) is 37.3 Å². The Morgan fingerprint density at radius 3 is 2.35 bits per heavy atom. The van der Waals surface area contributed by atoms with E-state index in [0.717, 1.165) is 35.8 Å². The minimum absolute atomic E-state index is 0.0959. The highest BCUT2D eigenvalue weighted by Gasteiger charge is 2.37. The van der Waals surface area contributed by atoms with Crippen molar-refractivity contribution < 1.29 is 4.79 Å². The average Bonchev–Trinajstić information content (AvgIpc) is 3.17. The maximum atomic E-state index is 13.3. The van der Waals surface area contributed by atoms with Crippen LogP contribution in [0.3, 0.4) is 0 Å². The number of rotatable bonds is 7. The monoisotopic (exact) mass is 465 g/mol. The van der Waals surface area contributed by atoms with E-state index in [1.807, 2.05) is 41.3 Å². The maximum Gasteiger partial charge on any atom is 0.242 e. The summed E-state index contributed by atoms with van der Waals surface area (Å²) >= 11 is 1.54. The first kappa shape index (κ1) is 22.4. The van der Waals surface area contributed by atoms with Crippen LogP contribution >= 0.6 is 11.8 Å². The third-order valence-corrected chi connectivity index (χ3v) is 7.45. The van der Waals surface area contributed by atoms with Crippen molar-refractivity contribution in [3.8, 4) is 0 Å². The summed E-state index contributed by atoms with van der Waals surface area (Å²) in [5, 5.41) is 14.2. The van der Waals surface area contributed by atoms with Crippen molar-refractivity contribution in [1.29, 1.82) is 0 Å². The van der Waals surface area contributed by atoms with Gasteiger partial charge in [-0.05, 0) is 33.5 Å². The zero-order chi connectivity index (χ0) is 23.3. The molecule has 0 aromatic heterocycles. The number of unbranched alkanes of at least 4 members (excludes halogenated alkanes) is 1. The normalized spacial score (nSPS) is 17.6. The van der Waals surface area contributed by atoms with Crippen molar-refractivity contribution in [2.24, 2.45) is 10.2 Å². The van der Waals surface area contributed by atoms with Crippen LogP contribution in [0.5, 0.6) is 0 Å². The second-order valence-corrected chi connectivity index (χ2v) is 9.68. The first-order valence-electron chi connectivity index (χ1n) is 11.8. The highest BCUT2D eigenvalue weighted by atomic mass is 32.2. The zero-order valence-corrected chi connectivity index (χ0v) is 20.0. The number of benzene rings is 4. The second kappa shape index (κ2) is 10.2. The number of hydrogen-bond acceptors (Lipinski definition) is 4. The van der Waals surface area contributed by atoms with Crippen molar-refractivity contribution in [2.75, 3.05) is 0 Å². The molecule has 4 aromatic rings. The van der Waals surface area contributed by atoms with Crippen molar-refractivity contribution >= 4 is 50.6 Å². The summed E-state index contributed by atoms with van der Waals surface area (Å²) in [5.74, 6) is 0.130. The van der Waals surface area contributed by atoms with Crippen LogP contribution in [0, 0.1) is 0 Å². The fourth-order valence-corrected chi connectivity index (χ4v) is 5.55. The van der Waals surface area contributed by atoms with Crippen LogP contribution in [0.15, 0.2) is 95.1 Å². The summed E-state index contributed by atoms with van der Waals surface area (Å²) in [6.07, 6.45) is 4.74. The summed E-state index contributed by atoms with van der Waals surface area (Å²) in [5.41, 5.74) is 2.13. The molecule has 1 saturated heterocycles. The number of amidine groups is 1. The third kappa shape index (κ3) is 4.62. The van der Waals surface area contributed by atoms with Gasteiger partial charge in [-0.2, -0.15) is 5.10 Å². The second-order valence-electron chi connectivity index (χ2n) is 8.51. The zero-order valence-electron chi connectivity index (χ0n) is 19.2. The van der Waals surface area contributed by atoms with Crippen LogP contribution in [0.25, 0.3) is 21.5 Å². The summed E-state index contributed by atoms with van der Waals surface area (Å²) in [4.78, 5) is 15.2. The molecule has 4 nitrogen and oxygen atoms in total. The fraction of sp³-hybridized carbons (Fsp3) is 0.207. The molecule has 0 radical (unpaired) electrons. The third-order valence-electron chi connectivity index (χ3n) is 6.21. The Morgan fingerprint density at radius 1 is 0.882 bits per heavy atom. The SMILES string of the molecule is CCCC[C@@H]1S/C(=N/N=C\c2cccc3ccccc23)N(Cc2cccc3ccccc23)C1=O. The van der Waals surface area contributed by atoms with E-state index in [4.69, 9.17) is 0 Å². The first-order chi connectivity index (χ1) is 16.7. The fourth-order valence-electron chi connectivity index (χ4n) is 4.41. The number of carbonyl (C=O) groups is 1. The van der Waals surface area contributed by atoms with Gasteiger partial charge in [0.05, 0.1) is 18.0 Å². The molecular weight excluding hydrogens is 438 g/mol. The molecule has 170 valence electrons. The van der Waals surface area contributed by atoms with Crippen molar-refractivity contribution in [3.05, 3.63) is 96.1 Å². The Bertz CT molecular complexity index is 1380. The van der Waals surface area contributed by atoms with Gasteiger partial charge >= 0.3 is 0 Å². The van der Waals surface area contributed by atoms with Crippen molar-refractivity contribution in [3.63, 3.8) is 0 Å². The summed E-state index contributed by atoms with van der Waals surface area (Å²) < 4.78 is 0. The molecule has 0 N–H and O–H groups in total. The standard InChI is InChI=1S/C29H27N3OS/c1-2-3-18-27-28(33)32(20-24-15-9-13-22-11-5-7-17-26(22)24)29(34-27)31-30-19-23-14-8-12-21-10-4-6-16-25(21)23/h4-17,19,27H,2-3,18,20H2,1H3/b30-19-,31-29+/t27-/m0/s1. The Balaban J connectivity index is 1.46. The van der Waals surface area contributed by atoms with E-state index in [1.54, 1.807) is 18.0 Å². The number of carbonyl (C=O) groups excluding carboxylic acids is 1. The van der Waals surface area contributed by atoms with Gasteiger partial charge in [0.25, 0.3) is 0 Å². The summed E-state index contributed by atoms with van der Waals surface area (Å²) in [6.45, 7) is 2.65. The predicted molar refractivity (Wildman–Crippen MR) is 144 cm³/mol. The number of amides is 1. The Kier molecular flexibility index (Phi) is 6.72. The van der Waals surface area contributed by atoms with E-state index in [0.29, 0.717) is 11.7 Å². The number of fused-ring (bicyclic) bond motifs is 2. The molecule has 5 rings (SSSR count). The Hall–Kier alpha value is -3.44. The van der Waals surface area contributed by atoms with Crippen LogP contribution in [0.4, 0.5) is 0 Å². The van der Waals surface area contributed by atoms with Crippen molar-refractivity contribution in [2.45, 2.75) is 38.0 Å². The van der Waals surface area contributed by atoms with E-state index >= 15 is 0 Å². The predicted octanol–water partition coefficient (Wildman–Crippen LogP) is 7.02. The van der Waals surface area contributed by atoms with Gasteiger partial charge in [0.2, 0.25) is 5.91 Å². The lowest BCUT2D eigenvalue weighted by Crippen LogP contribution is -2.31. The lowest BCUT2D eigenvalue weighted by atomic mass is 10.0. The maximum absolute atomic E-state index is 13.3. The van der Waals surface area contributed by atoms with Crippen LogP contribution in [0.2, 0.25) is 0 Å². The highest BCUT2D eigenvalue weighted by molar-refractivity contribution is 8.15. The van der Waals surface area contributed by atoms with Crippen LogP contribution in [-0.4, -0.2) is 27.4 Å². The smallest absolute Gasteiger partial charge is 0.242 e. The molecule has 0 unspecified atom stereocenters. The van der Waals surface area contributed by atoms with Gasteiger partial charge < -0.3 is 0 Å². The number of nitrogens with zero attached hydrogens (tertiary/aromatic N) is 3. The molecule has 1 aliphatic heterocycles. The minimum atomic E-state index is -0.0959. The average molecular weight is 466 g/mol. The molecule has 1 atom stereocenters. The molecular formula is C29H27N3OS. The van der Waals surface area contributed by atoms with Gasteiger partial charge in [0, 0.05) is 5.56 Å². The molecule has 0 spiro atoms. The molecule has 1 aliphatic rings. The first-order valence-corrected chi connectivity index (χ1v) is 12.7. The summed E-state index contributed by atoms with van der Waals surface area (Å²) in [6, 6.07) is 28.9. The molecule has 0 bridgehead atoms. The van der Waals surface area contributed by atoms with Gasteiger partial charge in [-0.1, -0.05) is 116 Å². The highest BCUT2D eigenvalue weighted by Crippen LogP contribution is 2.33. The van der Waals surface area contributed by atoms with Gasteiger partial charge in [0.1, 0.15) is 0 Å². The van der Waals surface area contributed by atoms with Gasteiger partial charge in [-0.25, -0.2) is 0 Å².